The summed E-state index contributed by atoms with van der Waals surface area (Å²) in [6, 6.07) is 3.44. The van der Waals surface area contributed by atoms with Crippen LogP contribution < -0.4 is 0 Å². The van der Waals surface area contributed by atoms with Gasteiger partial charge in [-0.15, -0.1) is 0 Å². The molecule has 92 valence electrons. The number of fused-ring (bicyclic) bond motifs is 1. The minimum absolute atomic E-state index is 0.259. The summed E-state index contributed by atoms with van der Waals surface area (Å²) in [5.41, 5.74) is 1.89. The zero-order valence-electron chi connectivity index (χ0n) is 10.3. The molecular weight excluding hydrogens is 231 g/mol. The zero-order valence-corrected chi connectivity index (χ0v) is 10.3. The van der Waals surface area contributed by atoms with E-state index in [2.05, 4.69) is 4.99 Å². The second-order valence-electron chi connectivity index (χ2n) is 5.01. The number of hydrogen-bond donors (Lipinski definition) is 0. The van der Waals surface area contributed by atoms with Crippen LogP contribution in [-0.4, -0.2) is 10.6 Å². The minimum atomic E-state index is -0.515. The number of aromatic nitrogens is 1. The van der Waals surface area contributed by atoms with Gasteiger partial charge in [0.1, 0.15) is 5.82 Å². The molecule has 0 bridgehead atoms. The van der Waals surface area contributed by atoms with Gasteiger partial charge in [-0.2, -0.15) is 4.99 Å². The van der Waals surface area contributed by atoms with Gasteiger partial charge in [-0.3, -0.25) is 0 Å². The van der Waals surface area contributed by atoms with Gasteiger partial charge in [0.2, 0.25) is 6.08 Å². The predicted molar refractivity (Wildman–Crippen MR) is 66.6 cm³/mol. The molecular formula is C14H13FN2O. The standard InChI is InChI=1S/C14H13FN2O/c1-9-7-17(2)13-11(9)5-10(6-12(13)15)14(3-4-14)16-8-18/h5-7H,3-4H2,1-2H3. The Hall–Kier alpha value is -1.93. The van der Waals surface area contributed by atoms with Gasteiger partial charge in [0, 0.05) is 18.6 Å². The monoisotopic (exact) mass is 244 g/mol. The summed E-state index contributed by atoms with van der Waals surface area (Å²) in [5.74, 6) is -0.259. The first kappa shape index (κ1) is 11.2. The number of isocyanates is 1. The highest BCUT2D eigenvalue weighted by molar-refractivity contribution is 5.85. The summed E-state index contributed by atoms with van der Waals surface area (Å²) >= 11 is 0. The predicted octanol–water partition coefficient (Wildman–Crippen LogP) is 2.95. The van der Waals surface area contributed by atoms with Crippen molar-refractivity contribution in [2.45, 2.75) is 25.3 Å². The van der Waals surface area contributed by atoms with Crippen molar-refractivity contribution in [2.24, 2.45) is 12.0 Å². The van der Waals surface area contributed by atoms with Crippen LogP contribution in [-0.2, 0) is 17.4 Å². The first-order valence-corrected chi connectivity index (χ1v) is 5.92. The van der Waals surface area contributed by atoms with E-state index in [1.807, 2.05) is 26.2 Å². The van der Waals surface area contributed by atoms with Crippen LogP contribution in [0, 0.1) is 12.7 Å². The molecule has 1 aliphatic rings. The molecule has 0 aliphatic heterocycles. The molecule has 18 heavy (non-hydrogen) atoms. The van der Waals surface area contributed by atoms with E-state index in [1.165, 1.54) is 6.07 Å². The van der Waals surface area contributed by atoms with Gasteiger partial charge >= 0.3 is 0 Å². The van der Waals surface area contributed by atoms with E-state index < -0.39 is 5.54 Å². The maximum atomic E-state index is 14.2. The number of aliphatic imine (C=N–C) groups is 1. The number of carbonyl (C=O) groups excluding carboxylic acids is 1. The fraction of sp³-hybridized carbons (Fsp3) is 0.357. The van der Waals surface area contributed by atoms with Crippen LogP contribution in [0.25, 0.3) is 10.9 Å². The van der Waals surface area contributed by atoms with Crippen LogP contribution in [0.3, 0.4) is 0 Å². The van der Waals surface area contributed by atoms with E-state index in [1.54, 1.807) is 10.6 Å². The molecule has 4 heteroatoms. The summed E-state index contributed by atoms with van der Waals surface area (Å²) in [4.78, 5) is 14.3. The third-order valence-electron chi connectivity index (χ3n) is 3.75. The second kappa shape index (κ2) is 3.53. The summed E-state index contributed by atoms with van der Waals surface area (Å²) in [5, 5.41) is 0.889. The molecule has 1 saturated carbocycles. The van der Waals surface area contributed by atoms with E-state index in [9.17, 15) is 9.18 Å². The van der Waals surface area contributed by atoms with E-state index in [4.69, 9.17) is 0 Å². The Bertz CT molecular complexity index is 691. The van der Waals surface area contributed by atoms with Gasteiger partial charge in [0.05, 0.1) is 11.1 Å². The summed E-state index contributed by atoms with van der Waals surface area (Å²) in [6.45, 7) is 1.95. The van der Waals surface area contributed by atoms with E-state index in [0.717, 1.165) is 29.4 Å². The summed E-state index contributed by atoms with van der Waals surface area (Å²) in [7, 11) is 1.83. The van der Waals surface area contributed by atoms with Crippen molar-refractivity contribution in [3.8, 4) is 0 Å². The van der Waals surface area contributed by atoms with Crippen LogP contribution in [0.4, 0.5) is 4.39 Å². The van der Waals surface area contributed by atoms with Crippen molar-refractivity contribution in [3.63, 3.8) is 0 Å². The Morgan fingerprint density at radius 2 is 2.17 bits per heavy atom. The Balaban J connectivity index is 2.28. The van der Waals surface area contributed by atoms with Crippen molar-refractivity contribution in [3.05, 3.63) is 35.3 Å². The lowest BCUT2D eigenvalue weighted by Crippen LogP contribution is -2.03. The number of nitrogens with zero attached hydrogens (tertiary/aromatic N) is 2. The van der Waals surface area contributed by atoms with Crippen LogP contribution in [0.2, 0.25) is 0 Å². The zero-order chi connectivity index (χ0) is 12.9. The Kier molecular flexibility index (Phi) is 2.19. The molecule has 2 aromatic rings. The molecule has 1 heterocycles. The molecule has 1 aromatic heterocycles. The van der Waals surface area contributed by atoms with Crippen LogP contribution in [0.15, 0.2) is 23.3 Å². The normalized spacial score (nSPS) is 16.6. The molecule has 0 unspecified atom stereocenters. The maximum Gasteiger partial charge on any atom is 0.235 e. The molecule has 3 rings (SSSR count). The first-order chi connectivity index (χ1) is 8.57. The number of halogens is 1. The van der Waals surface area contributed by atoms with Gasteiger partial charge in [-0.25, -0.2) is 9.18 Å². The van der Waals surface area contributed by atoms with Crippen molar-refractivity contribution < 1.29 is 9.18 Å². The van der Waals surface area contributed by atoms with Gasteiger partial charge in [-0.05, 0) is 43.0 Å². The third kappa shape index (κ3) is 1.42. The Morgan fingerprint density at radius 3 is 2.78 bits per heavy atom. The molecule has 1 fully saturated rings. The SMILES string of the molecule is Cc1cn(C)c2c(F)cc(C3(N=C=O)CC3)cc12. The fourth-order valence-corrected chi connectivity index (χ4v) is 2.62. The van der Waals surface area contributed by atoms with Gasteiger partial charge in [-0.1, -0.05) is 0 Å². The van der Waals surface area contributed by atoms with E-state index in [-0.39, 0.29) is 5.82 Å². The highest BCUT2D eigenvalue weighted by atomic mass is 19.1. The quantitative estimate of drug-likeness (QED) is 0.590. The van der Waals surface area contributed by atoms with Crippen molar-refractivity contribution in [1.29, 1.82) is 0 Å². The first-order valence-electron chi connectivity index (χ1n) is 5.92. The van der Waals surface area contributed by atoms with Gasteiger partial charge in [0.15, 0.2) is 0 Å². The lowest BCUT2D eigenvalue weighted by atomic mass is 10.0. The largest absolute Gasteiger partial charge is 0.348 e. The van der Waals surface area contributed by atoms with Crippen molar-refractivity contribution in [1.82, 2.24) is 4.57 Å². The van der Waals surface area contributed by atoms with Gasteiger partial charge in [0.25, 0.3) is 0 Å². The average molecular weight is 244 g/mol. The molecule has 0 spiro atoms. The highest BCUT2D eigenvalue weighted by Gasteiger charge is 2.45. The smallest absolute Gasteiger partial charge is 0.235 e. The minimum Gasteiger partial charge on any atom is -0.348 e. The molecule has 0 atom stereocenters. The molecule has 0 N–H and O–H groups in total. The lowest BCUT2D eigenvalue weighted by molar-refractivity contribution is 0.555. The molecule has 0 amide bonds. The third-order valence-corrected chi connectivity index (χ3v) is 3.75. The fourth-order valence-electron chi connectivity index (χ4n) is 2.62. The van der Waals surface area contributed by atoms with E-state index >= 15 is 0 Å². The Labute approximate surface area is 104 Å². The average Bonchev–Trinajstić information content (AvgIpc) is 3.03. The van der Waals surface area contributed by atoms with Crippen molar-refractivity contribution >= 4 is 17.0 Å². The molecule has 0 saturated heterocycles. The lowest BCUT2D eigenvalue weighted by Gasteiger charge is -2.09. The second-order valence-corrected chi connectivity index (χ2v) is 5.01. The van der Waals surface area contributed by atoms with E-state index in [0.29, 0.717) is 5.52 Å². The molecule has 1 aromatic carbocycles. The maximum absolute atomic E-state index is 14.2. The van der Waals surface area contributed by atoms with Crippen LogP contribution >= 0.6 is 0 Å². The van der Waals surface area contributed by atoms with Gasteiger partial charge < -0.3 is 4.57 Å². The number of hydrogen-bond acceptors (Lipinski definition) is 2. The Morgan fingerprint density at radius 1 is 1.44 bits per heavy atom. The van der Waals surface area contributed by atoms with Crippen LogP contribution in [0.5, 0.6) is 0 Å². The molecule has 1 aliphatic carbocycles. The number of rotatable bonds is 2. The highest BCUT2D eigenvalue weighted by Crippen LogP contribution is 2.50. The van der Waals surface area contributed by atoms with Crippen LogP contribution in [0.1, 0.15) is 24.0 Å². The molecule has 0 radical (unpaired) electrons. The molecule has 3 nitrogen and oxygen atoms in total. The topological polar surface area (TPSA) is 34.4 Å². The number of benzene rings is 1. The number of aryl methyl sites for hydroxylation is 2. The summed E-state index contributed by atoms with van der Waals surface area (Å²) < 4.78 is 15.9. The summed E-state index contributed by atoms with van der Waals surface area (Å²) in [6.07, 6.45) is 5.09. The van der Waals surface area contributed by atoms with Crippen molar-refractivity contribution in [2.75, 3.05) is 0 Å².